The van der Waals surface area contributed by atoms with Crippen molar-refractivity contribution < 1.29 is 13.2 Å². The summed E-state index contributed by atoms with van der Waals surface area (Å²) >= 11 is 0. The molecule has 0 fully saturated rings. The number of rotatable bonds is 1. The van der Waals surface area contributed by atoms with Crippen LogP contribution in [0, 0.1) is 0 Å². The Balaban J connectivity index is 3.06. The lowest BCUT2D eigenvalue weighted by molar-refractivity contribution is -0.137. The first kappa shape index (κ1) is 12.7. The average molecular weight is 255 g/mol. The Bertz CT molecular complexity index is 656. The number of fused-ring (bicyclic) bond motifs is 1. The van der Waals surface area contributed by atoms with E-state index in [9.17, 15) is 18.0 Å². The number of hydrogen-bond donors (Lipinski definition) is 0. The molecule has 1 aromatic carbocycles. The monoisotopic (exact) mass is 255 g/mol. The summed E-state index contributed by atoms with van der Waals surface area (Å²) in [6.45, 7) is 1.56. The Labute approximate surface area is 102 Å². The maximum atomic E-state index is 13.1. The molecule has 0 saturated carbocycles. The number of nitrogens with zero attached hydrogens (tertiary/aromatic N) is 1. The van der Waals surface area contributed by atoms with E-state index in [1.54, 1.807) is 19.1 Å². The molecule has 0 aliphatic heterocycles. The first-order valence-electron chi connectivity index (χ1n) is 5.55. The molecule has 0 N–H and O–H groups in total. The highest BCUT2D eigenvalue weighted by atomic mass is 19.4. The predicted octanol–water partition coefficient (Wildman–Crippen LogP) is 3.12. The predicted molar refractivity (Wildman–Crippen MR) is 63.6 cm³/mol. The molecule has 1 heterocycles. The molecule has 0 atom stereocenters. The minimum absolute atomic E-state index is 0.0619. The minimum Gasteiger partial charge on any atom is -0.311 e. The summed E-state index contributed by atoms with van der Waals surface area (Å²) < 4.78 is 40.7. The summed E-state index contributed by atoms with van der Waals surface area (Å²) in [5, 5.41) is 0.0731. The third kappa shape index (κ3) is 1.79. The maximum absolute atomic E-state index is 13.1. The summed E-state index contributed by atoms with van der Waals surface area (Å²) in [7, 11) is 1.49. The Hall–Kier alpha value is -1.78. The Morgan fingerprint density at radius 1 is 1.22 bits per heavy atom. The molecule has 0 aliphatic carbocycles. The summed E-state index contributed by atoms with van der Waals surface area (Å²) in [5.41, 5.74) is -1.26. The van der Waals surface area contributed by atoms with Crippen molar-refractivity contribution in [1.29, 1.82) is 0 Å². The van der Waals surface area contributed by atoms with Crippen LogP contribution in [0.1, 0.15) is 18.1 Å². The van der Waals surface area contributed by atoms with Gasteiger partial charge in [-0.3, -0.25) is 4.79 Å². The van der Waals surface area contributed by atoms with Gasteiger partial charge >= 0.3 is 6.18 Å². The van der Waals surface area contributed by atoms with Crippen LogP contribution < -0.4 is 5.56 Å². The normalized spacial score (nSPS) is 12.1. The first-order chi connectivity index (χ1) is 8.38. The van der Waals surface area contributed by atoms with E-state index in [0.717, 1.165) is 0 Å². The molecule has 0 saturated heterocycles. The van der Waals surface area contributed by atoms with E-state index in [0.29, 0.717) is 5.52 Å². The second kappa shape index (κ2) is 4.15. The van der Waals surface area contributed by atoms with Crippen molar-refractivity contribution >= 4 is 10.9 Å². The number of alkyl halides is 3. The molecule has 0 amide bonds. The smallest absolute Gasteiger partial charge is 0.311 e. The van der Waals surface area contributed by atoms with Gasteiger partial charge in [0.2, 0.25) is 0 Å². The van der Waals surface area contributed by atoms with Crippen molar-refractivity contribution in [3.05, 3.63) is 45.7 Å². The van der Waals surface area contributed by atoms with Crippen molar-refractivity contribution in [2.45, 2.75) is 19.5 Å². The van der Waals surface area contributed by atoms with Gasteiger partial charge in [-0.1, -0.05) is 25.1 Å². The van der Waals surface area contributed by atoms with Crippen molar-refractivity contribution in [3.8, 4) is 0 Å². The zero-order valence-electron chi connectivity index (χ0n) is 10.0. The van der Waals surface area contributed by atoms with Gasteiger partial charge in [0.05, 0.1) is 11.1 Å². The third-order valence-electron chi connectivity index (χ3n) is 3.04. The summed E-state index contributed by atoms with van der Waals surface area (Å²) in [6, 6.07) is 6.08. The van der Waals surface area contributed by atoms with Crippen LogP contribution in [0.5, 0.6) is 0 Å². The van der Waals surface area contributed by atoms with Crippen molar-refractivity contribution in [3.63, 3.8) is 0 Å². The first-order valence-corrected chi connectivity index (χ1v) is 5.55. The molecule has 5 heteroatoms. The highest BCUT2D eigenvalue weighted by Gasteiger charge is 2.36. The van der Waals surface area contributed by atoms with E-state index < -0.39 is 17.3 Å². The Kier molecular flexibility index (Phi) is 2.92. The van der Waals surface area contributed by atoms with Crippen molar-refractivity contribution in [1.82, 2.24) is 4.57 Å². The second-order valence-electron chi connectivity index (χ2n) is 4.09. The molecule has 18 heavy (non-hydrogen) atoms. The van der Waals surface area contributed by atoms with Gasteiger partial charge in [-0.05, 0) is 12.5 Å². The van der Waals surface area contributed by atoms with E-state index in [-0.39, 0.29) is 17.4 Å². The molecule has 0 radical (unpaired) electrons. The molecule has 2 nitrogen and oxygen atoms in total. The van der Waals surface area contributed by atoms with Crippen molar-refractivity contribution in [2.75, 3.05) is 0 Å². The Morgan fingerprint density at radius 3 is 2.39 bits per heavy atom. The third-order valence-corrected chi connectivity index (χ3v) is 3.04. The van der Waals surface area contributed by atoms with Crippen LogP contribution >= 0.6 is 0 Å². The fraction of sp³-hybridized carbons (Fsp3) is 0.308. The second-order valence-corrected chi connectivity index (χ2v) is 4.09. The van der Waals surface area contributed by atoms with Gasteiger partial charge in [0.25, 0.3) is 5.56 Å². The van der Waals surface area contributed by atoms with E-state index in [2.05, 4.69) is 0 Å². The lowest BCUT2D eigenvalue weighted by Crippen LogP contribution is -2.26. The van der Waals surface area contributed by atoms with E-state index >= 15 is 0 Å². The zero-order chi connectivity index (χ0) is 13.5. The Morgan fingerprint density at radius 2 is 1.83 bits per heavy atom. The number of benzene rings is 1. The average Bonchev–Trinajstić information content (AvgIpc) is 2.32. The number of para-hydroxylation sites is 1. The van der Waals surface area contributed by atoms with Gasteiger partial charge in [-0.15, -0.1) is 0 Å². The summed E-state index contributed by atoms with van der Waals surface area (Å²) in [5.74, 6) is 0. The highest BCUT2D eigenvalue weighted by molar-refractivity contribution is 5.84. The molecule has 0 aliphatic rings. The number of aromatic nitrogens is 1. The molecule has 0 unspecified atom stereocenters. The number of pyridine rings is 1. The van der Waals surface area contributed by atoms with Crippen LogP contribution in [-0.2, 0) is 19.6 Å². The van der Waals surface area contributed by atoms with Gasteiger partial charge in [0.1, 0.15) is 0 Å². The van der Waals surface area contributed by atoms with Gasteiger partial charge < -0.3 is 4.57 Å². The highest BCUT2D eigenvalue weighted by Crippen LogP contribution is 2.36. The van der Waals surface area contributed by atoms with Crippen LogP contribution in [0.25, 0.3) is 10.9 Å². The quantitative estimate of drug-likeness (QED) is 0.767. The van der Waals surface area contributed by atoms with Crippen LogP contribution in [0.3, 0.4) is 0 Å². The van der Waals surface area contributed by atoms with E-state index in [1.807, 2.05) is 0 Å². The van der Waals surface area contributed by atoms with Crippen LogP contribution in [0.4, 0.5) is 13.2 Å². The maximum Gasteiger partial charge on any atom is 0.417 e. The number of hydrogen-bond acceptors (Lipinski definition) is 1. The van der Waals surface area contributed by atoms with Crippen molar-refractivity contribution in [2.24, 2.45) is 7.05 Å². The van der Waals surface area contributed by atoms with E-state index in [4.69, 9.17) is 0 Å². The lowest BCUT2D eigenvalue weighted by atomic mass is 10.0. The summed E-state index contributed by atoms with van der Waals surface area (Å²) in [6.07, 6.45) is -4.45. The van der Waals surface area contributed by atoms with Gasteiger partial charge in [0, 0.05) is 18.0 Å². The topological polar surface area (TPSA) is 22.0 Å². The zero-order valence-corrected chi connectivity index (χ0v) is 10.0. The molecule has 0 bridgehead atoms. The lowest BCUT2D eigenvalue weighted by Gasteiger charge is -2.16. The molecular weight excluding hydrogens is 243 g/mol. The van der Waals surface area contributed by atoms with Crippen LogP contribution in [-0.4, -0.2) is 4.57 Å². The molecule has 1 aromatic heterocycles. The number of halogens is 3. The van der Waals surface area contributed by atoms with Gasteiger partial charge in [-0.2, -0.15) is 13.2 Å². The summed E-state index contributed by atoms with van der Waals surface area (Å²) in [4.78, 5) is 11.9. The molecule has 2 aromatic rings. The standard InChI is InChI=1S/C13H12F3NO/c1-3-8-11(13(14,15)16)9-6-4-5-7-10(9)17(2)12(8)18/h4-7H,3H2,1-2H3. The van der Waals surface area contributed by atoms with Crippen LogP contribution in [0.15, 0.2) is 29.1 Å². The van der Waals surface area contributed by atoms with Gasteiger partial charge in [0.15, 0.2) is 0 Å². The molecular formula is C13H12F3NO. The molecule has 0 spiro atoms. The van der Waals surface area contributed by atoms with Gasteiger partial charge in [-0.25, -0.2) is 0 Å². The van der Waals surface area contributed by atoms with Crippen LogP contribution in [0.2, 0.25) is 0 Å². The fourth-order valence-electron chi connectivity index (χ4n) is 2.21. The van der Waals surface area contributed by atoms with E-state index in [1.165, 1.54) is 23.7 Å². The largest absolute Gasteiger partial charge is 0.417 e. The SMILES string of the molecule is CCc1c(C(F)(F)F)c2ccccc2n(C)c1=O. The molecule has 96 valence electrons. The number of aryl methyl sites for hydroxylation is 1. The molecule has 2 rings (SSSR count). The fourth-order valence-corrected chi connectivity index (χ4v) is 2.21. The minimum atomic E-state index is -4.52.